The summed E-state index contributed by atoms with van der Waals surface area (Å²) in [4.78, 5) is 55.2. The maximum absolute atomic E-state index is 13.4. The van der Waals surface area contributed by atoms with E-state index in [4.69, 9.17) is 18.9 Å². The van der Waals surface area contributed by atoms with Crippen molar-refractivity contribution < 1.29 is 38.1 Å². The van der Waals surface area contributed by atoms with Crippen LogP contribution in [0.2, 0.25) is 0 Å². The Morgan fingerprint density at radius 2 is 0.968 bits per heavy atom. The van der Waals surface area contributed by atoms with Gasteiger partial charge in [-0.1, -0.05) is 162 Å². The first kappa shape index (κ1) is 58.8. The highest BCUT2D eigenvalue weighted by atomic mass is 16.6. The second-order valence-electron chi connectivity index (χ2n) is 19.0. The number of hydrogen-bond acceptors (Lipinski definition) is 10. The first-order valence-corrected chi connectivity index (χ1v) is 26.8. The fourth-order valence-corrected chi connectivity index (χ4v) is 8.59. The van der Waals surface area contributed by atoms with Gasteiger partial charge in [-0.2, -0.15) is 0 Å². The fraction of sp³-hybridized carbons (Fsp3) is 0.925. The molecule has 2 atom stereocenters. The number of piperidine rings is 1. The molecule has 0 aromatic rings. The Kier molecular flexibility index (Phi) is 39.6. The zero-order valence-corrected chi connectivity index (χ0v) is 41.9. The minimum absolute atomic E-state index is 0.0457. The van der Waals surface area contributed by atoms with Crippen molar-refractivity contribution in [2.24, 2.45) is 0 Å². The maximum Gasteiger partial charge on any atom is 0.323 e. The van der Waals surface area contributed by atoms with Crippen LogP contribution in [0.5, 0.6) is 0 Å². The van der Waals surface area contributed by atoms with Crippen molar-refractivity contribution in [1.29, 1.82) is 0 Å². The van der Waals surface area contributed by atoms with Crippen molar-refractivity contribution in [1.82, 2.24) is 9.80 Å². The molecule has 0 aromatic heterocycles. The normalized spacial score (nSPS) is 15.5. The molecule has 0 radical (unpaired) electrons. The molecule has 0 N–H and O–H groups in total. The molecular weight excluding hydrogens is 793 g/mol. The first-order chi connectivity index (χ1) is 30.7. The Balaban J connectivity index is 2.41. The molecule has 1 aliphatic heterocycles. The molecule has 0 bridgehead atoms. The molecule has 0 aromatic carbocycles. The fourth-order valence-electron chi connectivity index (χ4n) is 8.59. The lowest BCUT2D eigenvalue weighted by Crippen LogP contribution is -2.51. The molecule has 1 heterocycles. The first-order valence-electron chi connectivity index (χ1n) is 26.8. The lowest BCUT2D eigenvalue weighted by atomic mass is 9.99. The van der Waals surface area contributed by atoms with E-state index in [1.165, 1.54) is 109 Å². The van der Waals surface area contributed by atoms with Crippen molar-refractivity contribution >= 4 is 23.9 Å². The van der Waals surface area contributed by atoms with Crippen LogP contribution < -0.4 is 0 Å². The third-order valence-electron chi connectivity index (χ3n) is 12.6. The van der Waals surface area contributed by atoms with Crippen molar-refractivity contribution in [3.05, 3.63) is 0 Å². The van der Waals surface area contributed by atoms with Gasteiger partial charge in [-0.25, -0.2) is 0 Å². The van der Waals surface area contributed by atoms with Crippen LogP contribution in [0.4, 0.5) is 0 Å². The van der Waals surface area contributed by atoms with E-state index >= 15 is 0 Å². The summed E-state index contributed by atoms with van der Waals surface area (Å²) in [5.41, 5.74) is 0. The van der Waals surface area contributed by atoms with Crippen molar-refractivity contribution in [3.63, 3.8) is 0 Å². The number of ether oxygens (including phenoxy) is 4. The van der Waals surface area contributed by atoms with Gasteiger partial charge in [0.2, 0.25) is 0 Å². The van der Waals surface area contributed by atoms with Crippen LogP contribution in [0.25, 0.3) is 0 Å². The van der Waals surface area contributed by atoms with Crippen LogP contribution in [-0.4, -0.2) is 98.9 Å². The standard InChI is InChI=1S/C53H100N2O8/c1-6-9-12-15-18-19-20-25-33-44-60-50(56)37-31-27-32-42-55-46-48(63-52(58)41-43-54(4)5)39-40-49(55)53(59)61-45-34-26-21-24-30-38-51(57)62-47(35-28-22-16-13-10-7-2)36-29-23-17-14-11-8-3/h47-49H,6-46H2,1-5H3/t48-,49-/m0/s1. The zero-order valence-electron chi connectivity index (χ0n) is 41.9. The third-order valence-corrected chi connectivity index (χ3v) is 12.6. The highest BCUT2D eigenvalue weighted by Gasteiger charge is 2.35. The van der Waals surface area contributed by atoms with Crippen LogP contribution in [-0.2, 0) is 38.1 Å². The van der Waals surface area contributed by atoms with Crippen molar-refractivity contribution in [2.45, 2.75) is 270 Å². The largest absolute Gasteiger partial charge is 0.466 e. The number of nitrogens with zero attached hydrogens (tertiary/aromatic N) is 2. The Labute approximate surface area is 387 Å². The molecule has 1 fully saturated rings. The second-order valence-corrected chi connectivity index (χ2v) is 19.0. The Bertz CT molecular complexity index is 1090. The van der Waals surface area contributed by atoms with Gasteiger partial charge in [-0.15, -0.1) is 0 Å². The molecule has 370 valence electrons. The number of carbonyl (C=O) groups is 4. The van der Waals surface area contributed by atoms with Gasteiger partial charge in [0.25, 0.3) is 0 Å². The van der Waals surface area contributed by atoms with Gasteiger partial charge in [-0.05, 0) is 91.3 Å². The summed E-state index contributed by atoms with van der Waals surface area (Å²) in [5, 5.41) is 0. The smallest absolute Gasteiger partial charge is 0.323 e. The van der Waals surface area contributed by atoms with E-state index in [9.17, 15) is 19.2 Å². The number of unbranched alkanes of at least 4 members (excludes halogenated alkanes) is 24. The molecule has 63 heavy (non-hydrogen) atoms. The molecule has 0 spiro atoms. The number of rotatable bonds is 44. The molecule has 10 nitrogen and oxygen atoms in total. The SMILES string of the molecule is CCCCCCCCCCCOC(=O)CCCCCN1C[C@@H](OC(=O)CCN(C)C)CC[C@H]1C(=O)OCCCCCCCC(=O)OC(CCCCCCCC)CCCCCCCC. The van der Waals surface area contributed by atoms with E-state index in [1.54, 1.807) is 0 Å². The lowest BCUT2D eigenvalue weighted by molar-refractivity contribution is -0.159. The summed E-state index contributed by atoms with van der Waals surface area (Å²) in [6.45, 7) is 9.46. The van der Waals surface area contributed by atoms with E-state index in [2.05, 4.69) is 25.7 Å². The predicted molar refractivity (Wildman–Crippen MR) is 259 cm³/mol. The molecule has 1 saturated heterocycles. The minimum Gasteiger partial charge on any atom is -0.466 e. The molecule has 0 amide bonds. The van der Waals surface area contributed by atoms with Gasteiger partial charge in [0.15, 0.2) is 0 Å². The monoisotopic (exact) mass is 893 g/mol. The van der Waals surface area contributed by atoms with Gasteiger partial charge in [0.05, 0.1) is 19.6 Å². The number of esters is 4. The number of hydrogen-bond donors (Lipinski definition) is 0. The third kappa shape index (κ3) is 35.7. The quantitative estimate of drug-likeness (QED) is 0.0333. The lowest BCUT2D eigenvalue weighted by Gasteiger charge is -2.38. The van der Waals surface area contributed by atoms with Gasteiger partial charge < -0.3 is 23.8 Å². The minimum atomic E-state index is -0.361. The average Bonchev–Trinajstić information content (AvgIpc) is 3.26. The molecule has 10 heteroatoms. The molecule has 1 aliphatic rings. The predicted octanol–water partition coefficient (Wildman–Crippen LogP) is 13.2. The summed E-state index contributed by atoms with van der Waals surface area (Å²) >= 11 is 0. The van der Waals surface area contributed by atoms with Crippen LogP contribution in [0.1, 0.15) is 252 Å². The zero-order chi connectivity index (χ0) is 46.0. The Hall–Kier alpha value is -2.20. The summed E-state index contributed by atoms with van der Waals surface area (Å²) in [7, 11) is 3.87. The van der Waals surface area contributed by atoms with Crippen LogP contribution in [0.15, 0.2) is 0 Å². The number of carbonyl (C=O) groups excluding carboxylic acids is 4. The Morgan fingerprint density at radius 3 is 1.51 bits per heavy atom. The average molecular weight is 893 g/mol. The van der Waals surface area contributed by atoms with Gasteiger partial charge in [0.1, 0.15) is 18.2 Å². The highest BCUT2D eigenvalue weighted by Crippen LogP contribution is 2.23. The summed E-state index contributed by atoms with van der Waals surface area (Å²) in [6.07, 6.45) is 37.4. The van der Waals surface area contributed by atoms with Crippen LogP contribution >= 0.6 is 0 Å². The molecule has 0 aliphatic carbocycles. The topological polar surface area (TPSA) is 112 Å². The maximum atomic E-state index is 13.4. The van der Waals surface area contributed by atoms with E-state index in [-0.39, 0.29) is 42.1 Å². The van der Waals surface area contributed by atoms with Crippen LogP contribution in [0, 0.1) is 0 Å². The van der Waals surface area contributed by atoms with Gasteiger partial charge >= 0.3 is 23.9 Å². The molecular formula is C53H100N2O8. The van der Waals surface area contributed by atoms with Crippen LogP contribution in [0.3, 0.4) is 0 Å². The van der Waals surface area contributed by atoms with E-state index < -0.39 is 0 Å². The molecule has 0 unspecified atom stereocenters. The summed E-state index contributed by atoms with van der Waals surface area (Å²) in [5.74, 6) is -0.576. The van der Waals surface area contributed by atoms with E-state index in [1.807, 2.05) is 19.0 Å². The highest BCUT2D eigenvalue weighted by molar-refractivity contribution is 5.76. The van der Waals surface area contributed by atoms with E-state index in [0.29, 0.717) is 65.0 Å². The van der Waals surface area contributed by atoms with E-state index in [0.717, 1.165) is 89.9 Å². The molecule has 1 rings (SSSR count). The van der Waals surface area contributed by atoms with Gasteiger partial charge in [-0.3, -0.25) is 24.1 Å². The second kappa shape index (κ2) is 42.4. The van der Waals surface area contributed by atoms with Gasteiger partial charge in [0, 0.05) is 25.9 Å². The summed E-state index contributed by atoms with van der Waals surface area (Å²) < 4.78 is 23.2. The number of likely N-dealkylation sites (tertiary alicyclic amines) is 1. The Morgan fingerprint density at radius 1 is 0.508 bits per heavy atom. The molecule has 0 saturated carbocycles. The van der Waals surface area contributed by atoms with Crippen molar-refractivity contribution in [3.8, 4) is 0 Å². The summed E-state index contributed by atoms with van der Waals surface area (Å²) in [6, 6.07) is -0.361. The van der Waals surface area contributed by atoms with Crippen molar-refractivity contribution in [2.75, 3.05) is 46.9 Å².